The van der Waals surface area contributed by atoms with Crippen LogP contribution in [0.2, 0.25) is 0 Å². The van der Waals surface area contributed by atoms with Crippen LogP contribution in [0.5, 0.6) is 5.75 Å². The van der Waals surface area contributed by atoms with Crippen molar-refractivity contribution in [2.75, 3.05) is 26.2 Å². The van der Waals surface area contributed by atoms with Gasteiger partial charge in [-0.15, -0.1) is 0 Å². The van der Waals surface area contributed by atoms with Crippen molar-refractivity contribution in [3.63, 3.8) is 0 Å². The summed E-state index contributed by atoms with van der Waals surface area (Å²) in [6.07, 6.45) is 5.57. The van der Waals surface area contributed by atoms with Crippen LogP contribution in [0.1, 0.15) is 39.0 Å². The third-order valence-electron chi connectivity index (χ3n) is 4.55. The minimum atomic E-state index is -0.703. The van der Waals surface area contributed by atoms with Gasteiger partial charge in [-0.1, -0.05) is 37.5 Å². The van der Waals surface area contributed by atoms with Crippen LogP contribution in [0.15, 0.2) is 30.3 Å². The number of aliphatic hydroxyl groups is 1. The van der Waals surface area contributed by atoms with Crippen LogP contribution in [0, 0.1) is 5.92 Å². The Morgan fingerprint density at radius 2 is 2.00 bits per heavy atom. The fourth-order valence-corrected chi connectivity index (χ4v) is 3.11. The van der Waals surface area contributed by atoms with Crippen LogP contribution in [-0.4, -0.2) is 48.4 Å². The van der Waals surface area contributed by atoms with Gasteiger partial charge >= 0.3 is 6.03 Å². The lowest BCUT2D eigenvalue weighted by molar-refractivity contribution is 0.0778. The summed E-state index contributed by atoms with van der Waals surface area (Å²) in [5.74, 6) is 1.33. The van der Waals surface area contributed by atoms with E-state index in [0.29, 0.717) is 12.5 Å². The SMILES string of the molecule is CCN(CC(O)COc1ccccc1)C(=O)NCC1CCCCC1. The first-order chi connectivity index (χ1) is 11.7. The highest BCUT2D eigenvalue weighted by Crippen LogP contribution is 2.22. The number of benzene rings is 1. The van der Waals surface area contributed by atoms with E-state index in [9.17, 15) is 9.90 Å². The molecule has 0 heterocycles. The molecule has 2 amide bonds. The monoisotopic (exact) mass is 334 g/mol. The Labute approximate surface area is 145 Å². The number of nitrogens with one attached hydrogen (secondary N) is 1. The molecule has 0 spiro atoms. The fraction of sp³-hybridized carbons (Fsp3) is 0.632. The Bertz CT molecular complexity index is 475. The highest BCUT2D eigenvalue weighted by molar-refractivity contribution is 5.74. The van der Waals surface area contributed by atoms with Crippen molar-refractivity contribution in [2.24, 2.45) is 5.92 Å². The van der Waals surface area contributed by atoms with Crippen molar-refractivity contribution in [3.05, 3.63) is 30.3 Å². The molecule has 2 rings (SSSR count). The largest absolute Gasteiger partial charge is 0.491 e. The molecule has 1 fully saturated rings. The molecule has 24 heavy (non-hydrogen) atoms. The quantitative estimate of drug-likeness (QED) is 0.768. The van der Waals surface area contributed by atoms with Gasteiger partial charge in [0.1, 0.15) is 18.5 Å². The van der Waals surface area contributed by atoms with E-state index in [1.807, 2.05) is 37.3 Å². The molecule has 2 N–H and O–H groups in total. The van der Waals surface area contributed by atoms with Crippen molar-refractivity contribution in [3.8, 4) is 5.75 Å². The molecule has 0 aromatic heterocycles. The van der Waals surface area contributed by atoms with Gasteiger partial charge in [0, 0.05) is 13.1 Å². The highest BCUT2D eigenvalue weighted by atomic mass is 16.5. The van der Waals surface area contributed by atoms with E-state index in [4.69, 9.17) is 4.74 Å². The van der Waals surface area contributed by atoms with Crippen molar-refractivity contribution in [1.82, 2.24) is 10.2 Å². The maximum absolute atomic E-state index is 12.3. The normalized spacial score (nSPS) is 16.4. The number of nitrogens with zero attached hydrogens (tertiary/aromatic N) is 1. The van der Waals surface area contributed by atoms with Crippen molar-refractivity contribution in [1.29, 1.82) is 0 Å². The second-order valence-electron chi connectivity index (χ2n) is 6.51. The van der Waals surface area contributed by atoms with Gasteiger partial charge in [0.2, 0.25) is 0 Å². The number of amides is 2. The number of aliphatic hydroxyl groups excluding tert-OH is 1. The number of ether oxygens (including phenoxy) is 1. The van der Waals surface area contributed by atoms with Crippen molar-refractivity contribution < 1.29 is 14.6 Å². The molecule has 0 radical (unpaired) electrons. The molecule has 1 saturated carbocycles. The molecular weight excluding hydrogens is 304 g/mol. The van der Waals surface area contributed by atoms with Gasteiger partial charge < -0.3 is 20.1 Å². The van der Waals surface area contributed by atoms with E-state index in [1.165, 1.54) is 32.1 Å². The first kappa shape index (κ1) is 18.6. The first-order valence-corrected chi connectivity index (χ1v) is 9.07. The molecule has 5 nitrogen and oxygen atoms in total. The molecule has 0 saturated heterocycles. The Hall–Kier alpha value is -1.75. The number of para-hydroxylation sites is 1. The van der Waals surface area contributed by atoms with E-state index in [-0.39, 0.29) is 19.2 Å². The summed E-state index contributed by atoms with van der Waals surface area (Å²) in [5, 5.41) is 13.1. The van der Waals surface area contributed by atoms with Crippen LogP contribution in [0.3, 0.4) is 0 Å². The van der Waals surface area contributed by atoms with Gasteiger partial charge in [-0.25, -0.2) is 4.79 Å². The third kappa shape index (κ3) is 6.40. The third-order valence-corrected chi connectivity index (χ3v) is 4.55. The Balaban J connectivity index is 1.70. The molecule has 1 aromatic rings. The highest BCUT2D eigenvalue weighted by Gasteiger charge is 2.19. The lowest BCUT2D eigenvalue weighted by Crippen LogP contribution is -2.46. The maximum atomic E-state index is 12.3. The number of hydrogen-bond acceptors (Lipinski definition) is 3. The van der Waals surface area contributed by atoms with E-state index in [1.54, 1.807) is 4.90 Å². The summed E-state index contributed by atoms with van der Waals surface area (Å²) in [5.41, 5.74) is 0. The molecule has 0 bridgehead atoms. The zero-order chi connectivity index (χ0) is 17.2. The van der Waals surface area contributed by atoms with Gasteiger partial charge in [0.25, 0.3) is 0 Å². The van der Waals surface area contributed by atoms with E-state index >= 15 is 0 Å². The number of urea groups is 1. The van der Waals surface area contributed by atoms with Gasteiger partial charge in [-0.3, -0.25) is 0 Å². The van der Waals surface area contributed by atoms with Crippen molar-refractivity contribution >= 4 is 6.03 Å². The van der Waals surface area contributed by atoms with Gasteiger partial charge in [0.05, 0.1) is 6.54 Å². The Kier molecular flexibility index (Phi) is 7.89. The summed E-state index contributed by atoms with van der Waals surface area (Å²) in [6.45, 7) is 3.69. The van der Waals surface area contributed by atoms with Gasteiger partial charge in [-0.05, 0) is 37.8 Å². The van der Waals surface area contributed by atoms with Crippen LogP contribution < -0.4 is 10.1 Å². The van der Waals surface area contributed by atoms with Crippen LogP contribution in [0.25, 0.3) is 0 Å². The van der Waals surface area contributed by atoms with Gasteiger partial charge in [0.15, 0.2) is 0 Å². The topological polar surface area (TPSA) is 61.8 Å². The standard InChI is InChI=1S/C19H30N2O3/c1-2-21(19(23)20-13-16-9-5-3-6-10-16)14-17(22)15-24-18-11-7-4-8-12-18/h4,7-8,11-12,16-17,22H,2-3,5-6,9-10,13-15H2,1H3,(H,20,23). The first-order valence-electron chi connectivity index (χ1n) is 9.07. The molecule has 1 aromatic carbocycles. The smallest absolute Gasteiger partial charge is 0.317 e. The summed E-state index contributed by atoms with van der Waals surface area (Å²) >= 11 is 0. The lowest BCUT2D eigenvalue weighted by Gasteiger charge is -2.27. The number of carbonyl (C=O) groups is 1. The number of likely N-dealkylation sites (N-methyl/N-ethyl adjacent to an activating group) is 1. The van der Waals surface area contributed by atoms with Crippen LogP contribution in [0.4, 0.5) is 4.79 Å². The van der Waals surface area contributed by atoms with E-state index in [0.717, 1.165) is 12.3 Å². The Morgan fingerprint density at radius 1 is 1.29 bits per heavy atom. The zero-order valence-corrected chi connectivity index (χ0v) is 14.6. The predicted molar refractivity (Wildman–Crippen MR) is 95.2 cm³/mol. The summed E-state index contributed by atoms with van der Waals surface area (Å²) in [4.78, 5) is 13.9. The second kappa shape index (κ2) is 10.2. The predicted octanol–water partition coefficient (Wildman–Crippen LogP) is 3.04. The zero-order valence-electron chi connectivity index (χ0n) is 14.6. The second-order valence-corrected chi connectivity index (χ2v) is 6.51. The van der Waals surface area contributed by atoms with Crippen LogP contribution >= 0.6 is 0 Å². The lowest BCUT2D eigenvalue weighted by atomic mass is 9.89. The fourth-order valence-electron chi connectivity index (χ4n) is 3.11. The number of hydrogen-bond donors (Lipinski definition) is 2. The summed E-state index contributed by atoms with van der Waals surface area (Å²) in [7, 11) is 0. The minimum Gasteiger partial charge on any atom is -0.491 e. The molecule has 1 atom stereocenters. The molecular formula is C19H30N2O3. The average molecular weight is 334 g/mol. The molecule has 5 heteroatoms. The minimum absolute atomic E-state index is 0.0955. The van der Waals surface area contributed by atoms with E-state index < -0.39 is 6.10 Å². The van der Waals surface area contributed by atoms with Crippen LogP contribution in [-0.2, 0) is 0 Å². The molecule has 134 valence electrons. The molecule has 1 aliphatic rings. The number of carbonyl (C=O) groups excluding carboxylic acids is 1. The summed E-state index contributed by atoms with van der Waals surface area (Å²) < 4.78 is 5.54. The average Bonchev–Trinajstić information content (AvgIpc) is 2.64. The molecule has 0 aliphatic heterocycles. The van der Waals surface area contributed by atoms with E-state index in [2.05, 4.69) is 5.32 Å². The number of rotatable bonds is 8. The Morgan fingerprint density at radius 3 is 2.67 bits per heavy atom. The molecule has 1 aliphatic carbocycles. The van der Waals surface area contributed by atoms with Gasteiger partial charge in [-0.2, -0.15) is 0 Å². The maximum Gasteiger partial charge on any atom is 0.317 e. The molecule has 1 unspecified atom stereocenters. The summed E-state index contributed by atoms with van der Waals surface area (Å²) in [6, 6.07) is 9.29. The van der Waals surface area contributed by atoms with Crippen molar-refractivity contribution in [2.45, 2.75) is 45.1 Å².